The number of benzene rings is 2. The summed E-state index contributed by atoms with van der Waals surface area (Å²) in [5.74, 6) is -0.642. The van der Waals surface area contributed by atoms with Gasteiger partial charge in [-0.3, -0.25) is 19.3 Å². The van der Waals surface area contributed by atoms with Gasteiger partial charge >= 0.3 is 0 Å². The van der Waals surface area contributed by atoms with E-state index in [0.717, 1.165) is 31.6 Å². The molecule has 0 spiro atoms. The number of carbonyl (C=O) groups is 3. The number of amides is 3. The minimum absolute atomic E-state index is 0.0130. The maximum absolute atomic E-state index is 13.1. The van der Waals surface area contributed by atoms with Gasteiger partial charge in [-0.1, -0.05) is 61.7 Å². The SMILES string of the molecule is O=C(CC1SC(=Nc2ccccc2)NC1=O)Nc1cccc(C(=O)NCC2(N3CCCCC3)CCCCC2)c1. The largest absolute Gasteiger partial charge is 0.350 e. The highest BCUT2D eigenvalue weighted by Crippen LogP contribution is 2.35. The average Bonchev–Trinajstić information content (AvgIpc) is 3.31. The van der Waals surface area contributed by atoms with Crippen LogP contribution in [0.15, 0.2) is 59.6 Å². The monoisotopic (exact) mass is 547 g/mol. The Kier molecular flexibility index (Phi) is 8.98. The molecule has 2 aromatic rings. The summed E-state index contributed by atoms with van der Waals surface area (Å²) in [5, 5.41) is 8.75. The van der Waals surface area contributed by atoms with Crippen molar-refractivity contribution in [2.45, 2.75) is 68.6 Å². The summed E-state index contributed by atoms with van der Waals surface area (Å²) in [4.78, 5) is 45.4. The molecule has 2 saturated heterocycles. The van der Waals surface area contributed by atoms with E-state index in [2.05, 4.69) is 25.8 Å². The second-order valence-electron chi connectivity index (χ2n) is 10.7. The van der Waals surface area contributed by atoms with Crippen molar-refractivity contribution >= 4 is 46.0 Å². The highest BCUT2D eigenvalue weighted by molar-refractivity contribution is 8.15. The van der Waals surface area contributed by atoms with Crippen molar-refractivity contribution < 1.29 is 14.4 Å². The van der Waals surface area contributed by atoms with E-state index in [1.807, 2.05) is 30.3 Å². The topological polar surface area (TPSA) is 103 Å². The molecule has 206 valence electrons. The number of thioether (sulfide) groups is 1. The van der Waals surface area contributed by atoms with E-state index in [0.29, 0.717) is 23.0 Å². The van der Waals surface area contributed by atoms with Crippen LogP contribution >= 0.6 is 11.8 Å². The molecular weight excluding hydrogens is 510 g/mol. The van der Waals surface area contributed by atoms with Gasteiger partial charge in [0.25, 0.3) is 5.91 Å². The van der Waals surface area contributed by atoms with Gasteiger partial charge in [0.05, 0.1) is 5.69 Å². The number of rotatable bonds is 8. The Morgan fingerprint density at radius 1 is 0.974 bits per heavy atom. The molecule has 3 aliphatic rings. The van der Waals surface area contributed by atoms with Crippen molar-refractivity contribution in [1.82, 2.24) is 15.5 Å². The van der Waals surface area contributed by atoms with Gasteiger partial charge in [-0.05, 0) is 69.1 Å². The predicted octanol–water partition coefficient (Wildman–Crippen LogP) is 4.85. The van der Waals surface area contributed by atoms with Crippen molar-refractivity contribution in [3.05, 3.63) is 60.2 Å². The van der Waals surface area contributed by atoms with E-state index in [1.165, 1.54) is 50.3 Å². The Balaban J connectivity index is 1.16. The third-order valence-electron chi connectivity index (χ3n) is 7.93. The fourth-order valence-electron chi connectivity index (χ4n) is 5.86. The molecule has 5 rings (SSSR count). The predicted molar refractivity (Wildman–Crippen MR) is 156 cm³/mol. The molecule has 39 heavy (non-hydrogen) atoms. The molecule has 1 saturated carbocycles. The summed E-state index contributed by atoms with van der Waals surface area (Å²) in [6.07, 6.45) is 9.74. The van der Waals surface area contributed by atoms with E-state index < -0.39 is 5.25 Å². The number of hydrogen-bond acceptors (Lipinski definition) is 6. The van der Waals surface area contributed by atoms with Gasteiger partial charge in [-0.2, -0.15) is 0 Å². The maximum atomic E-state index is 13.1. The standard InChI is InChI=1S/C30H37N5O3S/c36-26(20-25-28(38)34-29(39-25)33-23-12-4-1-5-13-23)32-24-14-10-11-22(19-24)27(37)31-21-30(15-6-2-7-16-30)35-17-8-3-9-18-35/h1,4-5,10-14,19,25H,2-3,6-9,15-18,20-21H2,(H,31,37)(H,32,36)(H,33,34,38). The number of nitrogens with one attached hydrogen (secondary N) is 3. The fourth-order valence-corrected chi connectivity index (χ4v) is 6.85. The van der Waals surface area contributed by atoms with Gasteiger partial charge in [0.1, 0.15) is 5.25 Å². The van der Waals surface area contributed by atoms with Crippen LogP contribution in [0.4, 0.5) is 11.4 Å². The Labute approximate surface area is 234 Å². The molecule has 2 aromatic carbocycles. The van der Waals surface area contributed by atoms with Gasteiger partial charge in [0, 0.05) is 29.8 Å². The number of piperidine rings is 1. The molecule has 1 unspecified atom stereocenters. The van der Waals surface area contributed by atoms with Crippen LogP contribution in [-0.2, 0) is 9.59 Å². The molecule has 2 aliphatic heterocycles. The van der Waals surface area contributed by atoms with E-state index in [1.54, 1.807) is 24.3 Å². The van der Waals surface area contributed by atoms with Crippen molar-refractivity contribution in [1.29, 1.82) is 0 Å². The van der Waals surface area contributed by atoms with Crippen LogP contribution in [0.5, 0.6) is 0 Å². The lowest BCUT2D eigenvalue weighted by Gasteiger charge is -2.48. The molecule has 3 N–H and O–H groups in total. The molecule has 8 nitrogen and oxygen atoms in total. The summed E-state index contributed by atoms with van der Waals surface area (Å²) in [6.45, 7) is 2.89. The molecule has 1 atom stereocenters. The Morgan fingerprint density at radius 2 is 1.72 bits per heavy atom. The molecule has 3 fully saturated rings. The molecule has 1 aliphatic carbocycles. The fraction of sp³-hybridized carbons (Fsp3) is 0.467. The van der Waals surface area contributed by atoms with Gasteiger partial charge in [0.15, 0.2) is 5.17 Å². The van der Waals surface area contributed by atoms with Crippen LogP contribution in [0.1, 0.15) is 68.1 Å². The molecule has 2 heterocycles. The number of aliphatic imine (C=N–C) groups is 1. The van der Waals surface area contributed by atoms with Crippen LogP contribution in [0, 0.1) is 0 Å². The molecule has 0 bridgehead atoms. The average molecular weight is 548 g/mol. The van der Waals surface area contributed by atoms with Crippen LogP contribution in [0.3, 0.4) is 0 Å². The number of anilines is 1. The number of likely N-dealkylation sites (tertiary alicyclic amines) is 1. The number of para-hydroxylation sites is 1. The number of hydrogen-bond donors (Lipinski definition) is 3. The number of nitrogens with zero attached hydrogens (tertiary/aromatic N) is 2. The van der Waals surface area contributed by atoms with Crippen molar-refractivity contribution in [3.8, 4) is 0 Å². The lowest BCUT2D eigenvalue weighted by Crippen LogP contribution is -2.58. The zero-order valence-corrected chi connectivity index (χ0v) is 23.1. The Hall–Kier alpha value is -3.17. The zero-order chi connectivity index (χ0) is 27.1. The lowest BCUT2D eigenvalue weighted by molar-refractivity contribution is -0.122. The van der Waals surface area contributed by atoms with E-state index in [-0.39, 0.29) is 29.7 Å². The third-order valence-corrected chi connectivity index (χ3v) is 9.01. The second kappa shape index (κ2) is 12.8. The molecule has 0 radical (unpaired) electrons. The van der Waals surface area contributed by atoms with Crippen LogP contribution < -0.4 is 16.0 Å². The highest BCUT2D eigenvalue weighted by atomic mass is 32.2. The van der Waals surface area contributed by atoms with Crippen molar-refractivity contribution in [2.24, 2.45) is 4.99 Å². The summed E-state index contributed by atoms with van der Waals surface area (Å²) < 4.78 is 0. The lowest BCUT2D eigenvalue weighted by atomic mass is 9.79. The highest BCUT2D eigenvalue weighted by Gasteiger charge is 2.38. The van der Waals surface area contributed by atoms with Gasteiger partial charge in [-0.25, -0.2) is 4.99 Å². The smallest absolute Gasteiger partial charge is 0.251 e. The number of amidine groups is 1. The first-order valence-electron chi connectivity index (χ1n) is 14.1. The summed E-state index contributed by atoms with van der Waals surface area (Å²) in [5.41, 5.74) is 1.86. The van der Waals surface area contributed by atoms with Gasteiger partial charge < -0.3 is 16.0 Å². The maximum Gasteiger partial charge on any atom is 0.251 e. The van der Waals surface area contributed by atoms with Crippen molar-refractivity contribution in [3.63, 3.8) is 0 Å². The normalized spacial score (nSPS) is 22.3. The Morgan fingerprint density at radius 3 is 2.49 bits per heavy atom. The third kappa shape index (κ3) is 7.08. The van der Waals surface area contributed by atoms with E-state index in [4.69, 9.17) is 0 Å². The summed E-state index contributed by atoms with van der Waals surface area (Å²) >= 11 is 1.25. The van der Waals surface area contributed by atoms with E-state index >= 15 is 0 Å². The zero-order valence-electron chi connectivity index (χ0n) is 22.3. The quantitative estimate of drug-likeness (QED) is 0.438. The summed E-state index contributed by atoms with van der Waals surface area (Å²) in [7, 11) is 0. The summed E-state index contributed by atoms with van der Waals surface area (Å²) in [6, 6.07) is 16.4. The van der Waals surface area contributed by atoms with E-state index in [9.17, 15) is 14.4 Å². The molecule has 0 aromatic heterocycles. The van der Waals surface area contributed by atoms with Gasteiger partial charge in [-0.15, -0.1) is 0 Å². The second-order valence-corrected chi connectivity index (χ2v) is 11.9. The molecule has 9 heteroatoms. The molecule has 3 amide bonds. The first-order valence-corrected chi connectivity index (χ1v) is 14.9. The minimum atomic E-state index is -0.555. The van der Waals surface area contributed by atoms with Gasteiger partial charge in [0.2, 0.25) is 11.8 Å². The van der Waals surface area contributed by atoms with Crippen LogP contribution in [0.25, 0.3) is 0 Å². The van der Waals surface area contributed by atoms with Crippen molar-refractivity contribution in [2.75, 3.05) is 25.0 Å². The Bertz CT molecular complexity index is 1210. The number of carbonyl (C=O) groups excluding carboxylic acids is 3. The minimum Gasteiger partial charge on any atom is -0.350 e. The van der Waals surface area contributed by atoms with Crippen LogP contribution in [-0.4, -0.2) is 58.2 Å². The first-order chi connectivity index (χ1) is 19.0. The van der Waals surface area contributed by atoms with Crippen LogP contribution in [0.2, 0.25) is 0 Å². The first kappa shape index (κ1) is 27.4. The molecular formula is C30H37N5O3S.